The fraction of sp³-hybridized carbons (Fsp3) is 0.733. The van der Waals surface area contributed by atoms with Gasteiger partial charge in [0.25, 0.3) is 0 Å². The Morgan fingerprint density at radius 2 is 2.14 bits per heavy atom. The Bertz CT molecular complexity index is 456. The van der Waals surface area contributed by atoms with Crippen LogP contribution in [0.3, 0.4) is 0 Å². The molecule has 2 N–H and O–H groups in total. The lowest BCUT2D eigenvalue weighted by Crippen LogP contribution is -2.50. The van der Waals surface area contributed by atoms with Crippen LogP contribution in [0.25, 0.3) is 0 Å². The molecule has 1 aromatic rings. The Balaban J connectivity index is 1.50. The van der Waals surface area contributed by atoms with Gasteiger partial charge in [0, 0.05) is 44.0 Å². The molecule has 3 rings (SSSR count). The zero-order valence-electron chi connectivity index (χ0n) is 12.4. The number of piperazine rings is 1. The first-order chi connectivity index (χ1) is 10.3. The Hall–Kier alpha value is -0.980. The molecule has 0 aromatic carbocycles. The van der Waals surface area contributed by atoms with Crippen molar-refractivity contribution in [3.63, 3.8) is 0 Å². The van der Waals surface area contributed by atoms with Crippen LogP contribution in [0, 0.1) is 11.8 Å². The number of nitrogens with two attached hydrogens (primary N) is 1. The van der Waals surface area contributed by atoms with Crippen LogP contribution in [0.15, 0.2) is 10.9 Å². The molecule has 2 fully saturated rings. The number of aromatic nitrogens is 1. The van der Waals surface area contributed by atoms with Crippen molar-refractivity contribution in [3.05, 3.63) is 16.6 Å². The highest BCUT2D eigenvalue weighted by molar-refractivity contribution is 7.07. The van der Waals surface area contributed by atoms with Crippen molar-refractivity contribution in [2.24, 2.45) is 17.6 Å². The van der Waals surface area contributed by atoms with Gasteiger partial charge >= 0.3 is 0 Å². The summed E-state index contributed by atoms with van der Waals surface area (Å²) in [6, 6.07) is 0. The summed E-state index contributed by atoms with van der Waals surface area (Å²) in [7, 11) is 0. The number of hydrogen-bond acceptors (Lipinski definition) is 5. The summed E-state index contributed by atoms with van der Waals surface area (Å²) in [4.78, 5) is 21.4. The average Bonchev–Trinajstić information content (AvgIpc) is 3.18. The van der Waals surface area contributed by atoms with E-state index in [0.717, 1.165) is 57.7 Å². The molecule has 1 aliphatic carbocycles. The molecule has 6 heteroatoms. The molecule has 0 unspecified atom stereocenters. The largest absolute Gasteiger partial charge is 0.340 e. The minimum absolute atomic E-state index is 0.181. The quantitative estimate of drug-likeness (QED) is 0.907. The van der Waals surface area contributed by atoms with Gasteiger partial charge in [-0.05, 0) is 25.3 Å². The van der Waals surface area contributed by atoms with Crippen LogP contribution in [0.2, 0.25) is 0 Å². The lowest BCUT2D eigenvalue weighted by molar-refractivity contribution is -0.138. The highest BCUT2D eigenvalue weighted by Crippen LogP contribution is 2.32. The van der Waals surface area contributed by atoms with Crippen molar-refractivity contribution >= 4 is 17.2 Å². The maximum atomic E-state index is 12.6. The molecule has 0 radical (unpaired) electrons. The van der Waals surface area contributed by atoms with Crippen molar-refractivity contribution in [2.75, 3.05) is 32.7 Å². The zero-order chi connectivity index (χ0) is 14.7. The molecular weight excluding hydrogens is 284 g/mol. The minimum Gasteiger partial charge on any atom is -0.340 e. The van der Waals surface area contributed by atoms with Gasteiger partial charge in [-0.1, -0.05) is 6.42 Å². The summed E-state index contributed by atoms with van der Waals surface area (Å²) >= 11 is 1.64. The van der Waals surface area contributed by atoms with Gasteiger partial charge in [0.2, 0.25) is 5.91 Å². The van der Waals surface area contributed by atoms with Crippen molar-refractivity contribution in [2.45, 2.75) is 25.8 Å². The van der Waals surface area contributed by atoms with E-state index in [9.17, 15) is 4.79 Å². The highest BCUT2D eigenvalue weighted by Gasteiger charge is 2.35. The minimum atomic E-state index is 0.181. The van der Waals surface area contributed by atoms with Crippen molar-refractivity contribution in [1.82, 2.24) is 14.8 Å². The van der Waals surface area contributed by atoms with Crippen molar-refractivity contribution in [1.29, 1.82) is 0 Å². The van der Waals surface area contributed by atoms with E-state index in [1.807, 2.05) is 5.51 Å². The second-order valence-corrected chi connectivity index (χ2v) is 6.83. The second kappa shape index (κ2) is 6.85. The normalized spacial score (nSPS) is 27.2. The van der Waals surface area contributed by atoms with Gasteiger partial charge in [0.05, 0.1) is 11.2 Å². The van der Waals surface area contributed by atoms with E-state index >= 15 is 0 Å². The molecule has 2 atom stereocenters. The van der Waals surface area contributed by atoms with Crippen LogP contribution in [0.1, 0.15) is 25.0 Å². The molecule has 1 aromatic heterocycles. The summed E-state index contributed by atoms with van der Waals surface area (Å²) < 4.78 is 0. The van der Waals surface area contributed by atoms with Crippen molar-refractivity contribution in [3.8, 4) is 0 Å². The number of rotatable bonds is 4. The Morgan fingerprint density at radius 1 is 1.33 bits per heavy atom. The number of hydrogen-bond donors (Lipinski definition) is 1. The first-order valence-corrected chi connectivity index (χ1v) is 8.80. The van der Waals surface area contributed by atoms with Crippen LogP contribution < -0.4 is 5.73 Å². The van der Waals surface area contributed by atoms with E-state index in [0.29, 0.717) is 18.4 Å². The molecule has 0 spiro atoms. The third kappa shape index (κ3) is 3.44. The van der Waals surface area contributed by atoms with E-state index in [1.165, 1.54) is 0 Å². The van der Waals surface area contributed by atoms with Gasteiger partial charge < -0.3 is 10.6 Å². The zero-order valence-corrected chi connectivity index (χ0v) is 13.2. The predicted octanol–water partition coefficient (Wildman–Crippen LogP) is 1.16. The summed E-state index contributed by atoms with van der Waals surface area (Å²) in [5.74, 6) is 0.932. The average molecular weight is 308 g/mol. The number of amides is 1. The van der Waals surface area contributed by atoms with Crippen molar-refractivity contribution < 1.29 is 4.79 Å². The Labute approximate surface area is 130 Å². The van der Waals surface area contributed by atoms with E-state index in [-0.39, 0.29) is 5.92 Å². The SMILES string of the molecule is NC[C@H]1CCC[C@H]1C(=O)N1CCN(Cc2cscn2)CC1. The Kier molecular flexibility index (Phi) is 4.87. The molecule has 0 bridgehead atoms. The maximum absolute atomic E-state index is 12.6. The molecule has 1 aliphatic heterocycles. The molecule has 2 aliphatic rings. The fourth-order valence-corrected chi connectivity index (χ4v) is 4.10. The van der Waals surface area contributed by atoms with E-state index < -0.39 is 0 Å². The second-order valence-electron chi connectivity index (χ2n) is 6.11. The molecule has 1 saturated carbocycles. The molecule has 1 amide bonds. The van der Waals surface area contributed by atoms with Crippen LogP contribution >= 0.6 is 11.3 Å². The molecule has 5 nitrogen and oxygen atoms in total. The van der Waals surface area contributed by atoms with Gasteiger partial charge in [0.15, 0.2) is 0 Å². The lowest BCUT2D eigenvalue weighted by atomic mass is 9.94. The molecule has 1 saturated heterocycles. The molecular formula is C15H24N4OS. The monoisotopic (exact) mass is 308 g/mol. The first-order valence-electron chi connectivity index (χ1n) is 7.86. The maximum Gasteiger partial charge on any atom is 0.226 e. The summed E-state index contributed by atoms with van der Waals surface area (Å²) in [6.07, 6.45) is 3.30. The topological polar surface area (TPSA) is 62.5 Å². The third-order valence-corrected chi connectivity index (χ3v) is 5.47. The van der Waals surface area contributed by atoms with E-state index in [2.05, 4.69) is 20.2 Å². The van der Waals surface area contributed by atoms with Crippen LogP contribution in [-0.4, -0.2) is 53.4 Å². The predicted molar refractivity (Wildman–Crippen MR) is 83.9 cm³/mol. The van der Waals surface area contributed by atoms with Crippen LogP contribution in [0.4, 0.5) is 0 Å². The van der Waals surface area contributed by atoms with Gasteiger partial charge in [0.1, 0.15) is 0 Å². The number of thiazole rings is 1. The summed E-state index contributed by atoms with van der Waals surface area (Å²) in [5, 5.41) is 2.10. The molecule has 116 valence electrons. The number of carbonyl (C=O) groups excluding carboxylic acids is 1. The number of nitrogens with zero attached hydrogens (tertiary/aromatic N) is 3. The summed E-state index contributed by atoms with van der Waals surface area (Å²) in [6.45, 7) is 5.14. The number of carbonyl (C=O) groups is 1. The first kappa shape index (κ1) is 14.9. The van der Waals surface area contributed by atoms with Gasteiger partial charge in [-0.2, -0.15) is 0 Å². The highest BCUT2D eigenvalue weighted by atomic mass is 32.1. The van der Waals surface area contributed by atoms with Gasteiger partial charge in [-0.25, -0.2) is 4.98 Å². The Morgan fingerprint density at radius 3 is 2.81 bits per heavy atom. The van der Waals surface area contributed by atoms with Crippen LogP contribution in [-0.2, 0) is 11.3 Å². The molecule has 2 heterocycles. The van der Waals surface area contributed by atoms with E-state index in [4.69, 9.17) is 5.73 Å². The third-order valence-electron chi connectivity index (χ3n) is 4.83. The fourth-order valence-electron chi connectivity index (χ4n) is 3.55. The standard InChI is InChI=1S/C15H24N4OS/c16-8-12-2-1-3-14(12)15(20)19-6-4-18(5-7-19)9-13-10-21-11-17-13/h10-12,14H,1-9,16H2/t12-,14-/m1/s1. The molecule has 21 heavy (non-hydrogen) atoms. The van der Waals surface area contributed by atoms with E-state index in [1.54, 1.807) is 11.3 Å². The lowest BCUT2D eigenvalue weighted by Gasteiger charge is -2.36. The van der Waals surface area contributed by atoms with Gasteiger partial charge in [-0.15, -0.1) is 11.3 Å². The van der Waals surface area contributed by atoms with Gasteiger partial charge in [-0.3, -0.25) is 9.69 Å². The summed E-state index contributed by atoms with van der Waals surface area (Å²) in [5.41, 5.74) is 8.82. The van der Waals surface area contributed by atoms with Crippen LogP contribution in [0.5, 0.6) is 0 Å². The smallest absolute Gasteiger partial charge is 0.226 e.